The predicted molar refractivity (Wildman–Crippen MR) is 78.4 cm³/mol. The van der Waals surface area contributed by atoms with E-state index >= 15 is 0 Å². The van der Waals surface area contributed by atoms with E-state index in [1.807, 2.05) is 43.0 Å². The van der Waals surface area contributed by atoms with Gasteiger partial charge < -0.3 is 10.6 Å². The Balaban J connectivity index is 1.93. The van der Waals surface area contributed by atoms with Gasteiger partial charge in [-0.2, -0.15) is 11.8 Å². The molecule has 1 saturated heterocycles. The Labute approximate surface area is 113 Å². The molecule has 0 aromatic heterocycles. The van der Waals surface area contributed by atoms with Crippen LogP contribution in [0.3, 0.4) is 0 Å². The molecule has 2 N–H and O–H groups in total. The fourth-order valence-corrected chi connectivity index (χ4v) is 3.28. The number of rotatable bonds is 4. The molecular weight excluding hydrogens is 244 g/mol. The van der Waals surface area contributed by atoms with Crippen LogP contribution in [0.15, 0.2) is 24.3 Å². The number of benzene rings is 1. The fourth-order valence-electron chi connectivity index (χ4n) is 2.13. The first-order valence-electron chi connectivity index (χ1n) is 6.45. The van der Waals surface area contributed by atoms with Gasteiger partial charge in [-0.15, -0.1) is 0 Å². The van der Waals surface area contributed by atoms with Gasteiger partial charge in [0.05, 0.1) is 0 Å². The lowest BCUT2D eigenvalue weighted by molar-refractivity contribution is 0.0956. The van der Waals surface area contributed by atoms with Crippen LogP contribution in [0.25, 0.3) is 0 Å². The molecule has 0 saturated carbocycles. The van der Waals surface area contributed by atoms with Crippen molar-refractivity contribution in [3.05, 3.63) is 29.8 Å². The Morgan fingerprint density at radius 2 is 2.11 bits per heavy atom. The molecule has 2 atom stereocenters. The average molecular weight is 264 g/mol. The van der Waals surface area contributed by atoms with Crippen molar-refractivity contribution in [1.29, 1.82) is 0 Å². The van der Waals surface area contributed by atoms with Crippen LogP contribution in [-0.4, -0.2) is 29.5 Å². The first-order valence-corrected chi connectivity index (χ1v) is 7.50. The number of hydrogen-bond acceptors (Lipinski definition) is 3. The van der Waals surface area contributed by atoms with E-state index in [0.717, 1.165) is 16.5 Å². The van der Waals surface area contributed by atoms with Crippen LogP contribution in [0.1, 0.15) is 30.6 Å². The summed E-state index contributed by atoms with van der Waals surface area (Å²) in [5.41, 5.74) is 1.82. The van der Waals surface area contributed by atoms with Crippen LogP contribution in [0.5, 0.6) is 0 Å². The molecule has 0 radical (unpaired) electrons. The molecule has 1 aromatic carbocycles. The average Bonchev–Trinajstić information content (AvgIpc) is 2.76. The van der Waals surface area contributed by atoms with Gasteiger partial charge in [-0.25, -0.2) is 0 Å². The third-order valence-electron chi connectivity index (χ3n) is 3.05. The molecule has 1 aromatic rings. The summed E-state index contributed by atoms with van der Waals surface area (Å²) in [6.45, 7) is 4.85. The van der Waals surface area contributed by atoms with E-state index in [1.165, 1.54) is 12.2 Å². The molecule has 0 spiro atoms. The summed E-state index contributed by atoms with van der Waals surface area (Å²) in [7, 11) is 0. The summed E-state index contributed by atoms with van der Waals surface area (Å²) in [5.74, 6) is 1.16. The summed E-state index contributed by atoms with van der Waals surface area (Å²) in [6.07, 6.45) is 1.21. The van der Waals surface area contributed by atoms with Crippen LogP contribution >= 0.6 is 11.8 Å². The zero-order valence-electron chi connectivity index (χ0n) is 10.9. The Morgan fingerprint density at radius 3 is 2.67 bits per heavy atom. The molecule has 3 nitrogen and oxygen atoms in total. The van der Waals surface area contributed by atoms with Gasteiger partial charge in [-0.05, 0) is 37.6 Å². The van der Waals surface area contributed by atoms with E-state index in [2.05, 4.69) is 17.6 Å². The zero-order chi connectivity index (χ0) is 13.0. The second kappa shape index (κ2) is 6.14. The highest BCUT2D eigenvalue weighted by Gasteiger charge is 2.21. The fraction of sp³-hybridized carbons (Fsp3) is 0.500. The van der Waals surface area contributed by atoms with Crippen molar-refractivity contribution in [2.24, 2.45) is 0 Å². The number of thioether (sulfide) groups is 1. The molecule has 0 aliphatic carbocycles. The standard InChI is InChI=1S/C14H20N2OS/c1-3-15-14(17)11-4-6-12(7-5-11)16-13-8-10(2)18-9-13/h4-7,10,13,16H,3,8-9H2,1-2H3,(H,15,17). The smallest absolute Gasteiger partial charge is 0.251 e. The Morgan fingerprint density at radius 1 is 1.39 bits per heavy atom. The van der Waals surface area contributed by atoms with Crippen LogP contribution in [0.4, 0.5) is 5.69 Å². The SMILES string of the molecule is CCNC(=O)c1ccc(NC2CSC(C)C2)cc1. The predicted octanol–water partition coefficient (Wildman–Crippen LogP) is 2.74. The molecule has 4 heteroatoms. The second-order valence-corrected chi connectivity index (χ2v) is 6.13. The first kappa shape index (κ1) is 13.3. The largest absolute Gasteiger partial charge is 0.381 e. The monoisotopic (exact) mass is 264 g/mol. The molecule has 18 heavy (non-hydrogen) atoms. The Hall–Kier alpha value is -1.16. The van der Waals surface area contributed by atoms with Gasteiger partial charge >= 0.3 is 0 Å². The van der Waals surface area contributed by atoms with E-state index in [9.17, 15) is 4.79 Å². The highest BCUT2D eigenvalue weighted by Crippen LogP contribution is 2.28. The third kappa shape index (κ3) is 3.42. The van der Waals surface area contributed by atoms with Crippen LogP contribution in [0, 0.1) is 0 Å². The third-order valence-corrected chi connectivity index (χ3v) is 4.41. The highest BCUT2D eigenvalue weighted by atomic mass is 32.2. The topological polar surface area (TPSA) is 41.1 Å². The minimum absolute atomic E-state index is 0.00547. The van der Waals surface area contributed by atoms with E-state index in [-0.39, 0.29) is 5.91 Å². The van der Waals surface area contributed by atoms with Gasteiger partial charge in [-0.1, -0.05) is 6.92 Å². The molecule has 2 unspecified atom stereocenters. The minimum atomic E-state index is -0.00547. The summed E-state index contributed by atoms with van der Waals surface area (Å²) >= 11 is 2.01. The highest BCUT2D eigenvalue weighted by molar-refractivity contribution is 8.00. The maximum absolute atomic E-state index is 11.6. The number of anilines is 1. The van der Waals surface area contributed by atoms with Crippen LogP contribution in [0.2, 0.25) is 0 Å². The summed E-state index contributed by atoms with van der Waals surface area (Å²) in [5, 5.41) is 7.06. The number of amides is 1. The zero-order valence-corrected chi connectivity index (χ0v) is 11.7. The van der Waals surface area contributed by atoms with Crippen molar-refractivity contribution >= 4 is 23.4 Å². The minimum Gasteiger partial charge on any atom is -0.381 e. The van der Waals surface area contributed by atoms with Gasteiger partial charge in [0.1, 0.15) is 0 Å². The van der Waals surface area contributed by atoms with Gasteiger partial charge in [0.25, 0.3) is 5.91 Å². The van der Waals surface area contributed by atoms with E-state index in [1.54, 1.807) is 0 Å². The maximum atomic E-state index is 11.6. The van der Waals surface area contributed by atoms with E-state index in [4.69, 9.17) is 0 Å². The Kier molecular flexibility index (Phi) is 4.53. The summed E-state index contributed by atoms with van der Waals surface area (Å²) < 4.78 is 0. The second-order valence-electron chi connectivity index (χ2n) is 4.66. The van der Waals surface area contributed by atoms with Crippen LogP contribution < -0.4 is 10.6 Å². The van der Waals surface area contributed by atoms with Crippen molar-refractivity contribution in [1.82, 2.24) is 5.32 Å². The molecule has 2 rings (SSSR count). The molecular formula is C14H20N2OS. The normalized spacial score (nSPS) is 22.8. The first-order chi connectivity index (χ1) is 8.69. The van der Waals surface area contributed by atoms with Crippen molar-refractivity contribution in [2.45, 2.75) is 31.6 Å². The van der Waals surface area contributed by atoms with Crippen molar-refractivity contribution in [2.75, 3.05) is 17.6 Å². The maximum Gasteiger partial charge on any atom is 0.251 e. The van der Waals surface area contributed by atoms with Crippen molar-refractivity contribution in [3.63, 3.8) is 0 Å². The van der Waals surface area contributed by atoms with E-state index in [0.29, 0.717) is 12.6 Å². The number of carbonyl (C=O) groups excluding carboxylic acids is 1. The molecule has 1 amide bonds. The van der Waals surface area contributed by atoms with Gasteiger partial charge in [0.15, 0.2) is 0 Å². The molecule has 0 bridgehead atoms. The lowest BCUT2D eigenvalue weighted by Gasteiger charge is -2.13. The molecule has 1 aliphatic rings. The number of hydrogen-bond donors (Lipinski definition) is 2. The molecule has 1 heterocycles. The van der Waals surface area contributed by atoms with Crippen LogP contribution in [-0.2, 0) is 0 Å². The van der Waals surface area contributed by atoms with Gasteiger partial charge in [0.2, 0.25) is 0 Å². The van der Waals surface area contributed by atoms with Gasteiger partial charge in [0, 0.05) is 34.8 Å². The van der Waals surface area contributed by atoms with Gasteiger partial charge in [-0.3, -0.25) is 4.79 Å². The molecule has 1 fully saturated rings. The lowest BCUT2D eigenvalue weighted by atomic mass is 10.1. The Bertz CT molecular complexity index is 405. The quantitative estimate of drug-likeness (QED) is 0.878. The van der Waals surface area contributed by atoms with E-state index < -0.39 is 0 Å². The lowest BCUT2D eigenvalue weighted by Crippen LogP contribution is -2.22. The number of carbonyl (C=O) groups is 1. The summed E-state index contributed by atoms with van der Waals surface area (Å²) in [4.78, 5) is 11.6. The van der Waals surface area contributed by atoms with Crippen molar-refractivity contribution < 1.29 is 4.79 Å². The van der Waals surface area contributed by atoms with Crippen molar-refractivity contribution in [3.8, 4) is 0 Å². The molecule has 1 aliphatic heterocycles. The summed E-state index contributed by atoms with van der Waals surface area (Å²) in [6, 6.07) is 8.27. The number of nitrogens with one attached hydrogen (secondary N) is 2. The molecule has 98 valence electrons.